The van der Waals surface area contributed by atoms with E-state index in [1.54, 1.807) is 19.0 Å². The summed E-state index contributed by atoms with van der Waals surface area (Å²) in [6.07, 6.45) is 0.995. The number of nitrogen functional groups attached to an aromatic ring is 1. The summed E-state index contributed by atoms with van der Waals surface area (Å²) in [6, 6.07) is 5.95. The maximum atomic E-state index is 11.8. The number of aryl methyl sites for hydroxylation is 1. The van der Waals surface area contributed by atoms with Gasteiger partial charge in [-0.1, -0.05) is 13.0 Å². The maximum Gasteiger partial charge on any atom is 0.241 e. The van der Waals surface area contributed by atoms with Crippen LogP contribution in [-0.2, 0) is 4.79 Å². The highest BCUT2D eigenvalue weighted by atomic mass is 16.2. The molecule has 0 atom stereocenters. The second-order valence-corrected chi connectivity index (χ2v) is 4.75. The molecule has 0 heterocycles. The second kappa shape index (κ2) is 6.28. The molecule has 100 valence electrons. The highest BCUT2D eigenvalue weighted by Gasteiger charge is 2.12. The Balaban J connectivity index is 2.89. The molecule has 0 bridgehead atoms. The van der Waals surface area contributed by atoms with Crippen molar-refractivity contribution in [2.45, 2.75) is 20.3 Å². The number of amides is 1. The summed E-state index contributed by atoms with van der Waals surface area (Å²) in [6.45, 7) is 5.32. The summed E-state index contributed by atoms with van der Waals surface area (Å²) >= 11 is 0. The number of rotatable bonds is 5. The molecule has 4 heteroatoms. The lowest BCUT2D eigenvalue weighted by molar-refractivity contribution is -0.127. The van der Waals surface area contributed by atoms with Gasteiger partial charge in [-0.3, -0.25) is 4.79 Å². The van der Waals surface area contributed by atoms with Crippen molar-refractivity contribution < 1.29 is 4.79 Å². The second-order valence-electron chi connectivity index (χ2n) is 4.75. The first-order valence-electron chi connectivity index (χ1n) is 6.27. The molecule has 2 N–H and O–H groups in total. The Kier molecular flexibility index (Phi) is 5.01. The molecule has 1 aromatic carbocycles. The molecule has 0 aliphatic carbocycles. The Labute approximate surface area is 109 Å². The fourth-order valence-corrected chi connectivity index (χ4v) is 1.70. The number of hydrogen-bond acceptors (Lipinski definition) is 3. The molecule has 0 spiro atoms. The molecule has 18 heavy (non-hydrogen) atoms. The third kappa shape index (κ3) is 3.65. The molecular weight excluding hydrogens is 226 g/mol. The van der Waals surface area contributed by atoms with Gasteiger partial charge >= 0.3 is 0 Å². The van der Waals surface area contributed by atoms with E-state index in [0.29, 0.717) is 6.54 Å². The summed E-state index contributed by atoms with van der Waals surface area (Å²) in [5.41, 5.74) is 8.77. The van der Waals surface area contributed by atoms with Gasteiger partial charge in [-0.05, 0) is 31.0 Å². The van der Waals surface area contributed by atoms with Crippen LogP contribution in [0, 0.1) is 6.92 Å². The van der Waals surface area contributed by atoms with Crippen LogP contribution in [0.25, 0.3) is 0 Å². The molecule has 0 saturated carbocycles. The SMILES string of the molecule is CCCN(CC(=O)N(C)C)c1ccc(C)c(N)c1. The van der Waals surface area contributed by atoms with Crippen molar-refractivity contribution in [2.24, 2.45) is 0 Å². The minimum Gasteiger partial charge on any atom is -0.398 e. The molecule has 0 radical (unpaired) electrons. The van der Waals surface area contributed by atoms with Crippen LogP contribution in [-0.4, -0.2) is 38.0 Å². The van der Waals surface area contributed by atoms with E-state index in [9.17, 15) is 4.79 Å². The van der Waals surface area contributed by atoms with Crippen LogP contribution in [0.1, 0.15) is 18.9 Å². The third-order valence-corrected chi connectivity index (χ3v) is 2.95. The van der Waals surface area contributed by atoms with Crippen LogP contribution in [0.3, 0.4) is 0 Å². The summed E-state index contributed by atoms with van der Waals surface area (Å²) in [7, 11) is 3.55. The van der Waals surface area contributed by atoms with Crippen molar-refractivity contribution in [2.75, 3.05) is 37.8 Å². The van der Waals surface area contributed by atoms with E-state index in [0.717, 1.165) is 29.9 Å². The number of nitrogens with two attached hydrogens (primary N) is 1. The smallest absolute Gasteiger partial charge is 0.241 e. The van der Waals surface area contributed by atoms with E-state index < -0.39 is 0 Å². The van der Waals surface area contributed by atoms with Crippen LogP contribution in [0.5, 0.6) is 0 Å². The van der Waals surface area contributed by atoms with E-state index in [4.69, 9.17) is 5.73 Å². The van der Waals surface area contributed by atoms with Gasteiger partial charge in [0.15, 0.2) is 0 Å². The van der Waals surface area contributed by atoms with Gasteiger partial charge in [-0.2, -0.15) is 0 Å². The van der Waals surface area contributed by atoms with Crippen LogP contribution in [0.15, 0.2) is 18.2 Å². The van der Waals surface area contributed by atoms with Crippen molar-refractivity contribution in [1.82, 2.24) is 4.90 Å². The number of nitrogens with zero attached hydrogens (tertiary/aromatic N) is 2. The molecule has 4 nitrogen and oxygen atoms in total. The lowest BCUT2D eigenvalue weighted by Crippen LogP contribution is -2.37. The molecule has 1 amide bonds. The van der Waals surface area contributed by atoms with Gasteiger partial charge in [0.05, 0.1) is 6.54 Å². The highest BCUT2D eigenvalue weighted by molar-refractivity contribution is 5.81. The van der Waals surface area contributed by atoms with Crippen molar-refractivity contribution in [3.8, 4) is 0 Å². The fourth-order valence-electron chi connectivity index (χ4n) is 1.70. The van der Waals surface area contributed by atoms with Gasteiger partial charge in [0, 0.05) is 32.0 Å². The van der Waals surface area contributed by atoms with Gasteiger partial charge in [-0.15, -0.1) is 0 Å². The minimum atomic E-state index is 0.0996. The zero-order valence-corrected chi connectivity index (χ0v) is 11.7. The standard InChI is InChI=1S/C14H23N3O/c1-5-8-17(10-14(18)16(3)4)12-7-6-11(2)13(15)9-12/h6-7,9H,5,8,10,15H2,1-4H3. The van der Waals surface area contributed by atoms with Crippen molar-refractivity contribution >= 4 is 17.3 Å². The van der Waals surface area contributed by atoms with Crippen LogP contribution in [0.2, 0.25) is 0 Å². The average Bonchev–Trinajstić information content (AvgIpc) is 2.32. The number of carbonyl (C=O) groups is 1. The molecule has 1 rings (SSSR count). The Morgan fingerprint density at radius 1 is 1.33 bits per heavy atom. The van der Waals surface area contributed by atoms with E-state index in [-0.39, 0.29) is 5.91 Å². The number of benzene rings is 1. The van der Waals surface area contributed by atoms with Crippen LogP contribution in [0.4, 0.5) is 11.4 Å². The Morgan fingerprint density at radius 3 is 2.50 bits per heavy atom. The van der Waals surface area contributed by atoms with Gasteiger partial charge < -0.3 is 15.5 Å². The quantitative estimate of drug-likeness (QED) is 0.811. The number of carbonyl (C=O) groups excluding carboxylic acids is 1. The molecule has 0 unspecified atom stereocenters. The molecule has 0 fully saturated rings. The van der Waals surface area contributed by atoms with Crippen molar-refractivity contribution in [3.63, 3.8) is 0 Å². The zero-order valence-electron chi connectivity index (χ0n) is 11.7. The van der Waals surface area contributed by atoms with Crippen LogP contribution < -0.4 is 10.6 Å². The van der Waals surface area contributed by atoms with E-state index in [2.05, 4.69) is 11.8 Å². The Hall–Kier alpha value is -1.71. The topological polar surface area (TPSA) is 49.6 Å². The lowest BCUT2D eigenvalue weighted by atomic mass is 10.1. The van der Waals surface area contributed by atoms with E-state index in [1.807, 2.05) is 25.1 Å². The Morgan fingerprint density at radius 2 is 2.00 bits per heavy atom. The first-order chi connectivity index (χ1) is 8.45. The van der Waals surface area contributed by atoms with E-state index >= 15 is 0 Å². The molecule has 0 aliphatic rings. The molecule has 0 saturated heterocycles. The monoisotopic (exact) mass is 249 g/mol. The van der Waals surface area contributed by atoms with Gasteiger partial charge in [0.1, 0.15) is 0 Å². The molecular formula is C14H23N3O. The fraction of sp³-hybridized carbons (Fsp3) is 0.500. The zero-order chi connectivity index (χ0) is 13.7. The lowest BCUT2D eigenvalue weighted by Gasteiger charge is -2.25. The molecule has 1 aromatic rings. The predicted octanol–water partition coefficient (Wildman–Crippen LogP) is 1.88. The predicted molar refractivity (Wildman–Crippen MR) is 76.8 cm³/mol. The number of hydrogen-bond donors (Lipinski definition) is 1. The Bertz CT molecular complexity index is 416. The average molecular weight is 249 g/mol. The normalized spacial score (nSPS) is 10.2. The first-order valence-corrected chi connectivity index (χ1v) is 6.27. The van der Waals surface area contributed by atoms with Crippen molar-refractivity contribution in [1.29, 1.82) is 0 Å². The summed E-state index contributed by atoms with van der Waals surface area (Å²) in [5.74, 6) is 0.0996. The molecule has 0 aromatic heterocycles. The van der Waals surface area contributed by atoms with Gasteiger partial charge in [-0.25, -0.2) is 0 Å². The first kappa shape index (κ1) is 14.4. The summed E-state index contributed by atoms with van der Waals surface area (Å²) in [5, 5.41) is 0. The van der Waals surface area contributed by atoms with E-state index in [1.165, 1.54) is 0 Å². The summed E-state index contributed by atoms with van der Waals surface area (Å²) < 4.78 is 0. The van der Waals surface area contributed by atoms with Gasteiger partial charge in [0.2, 0.25) is 5.91 Å². The largest absolute Gasteiger partial charge is 0.398 e. The van der Waals surface area contributed by atoms with Gasteiger partial charge in [0.25, 0.3) is 0 Å². The summed E-state index contributed by atoms with van der Waals surface area (Å²) in [4.78, 5) is 15.5. The maximum absolute atomic E-state index is 11.8. The van der Waals surface area contributed by atoms with Crippen LogP contribution >= 0.6 is 0 Å². The highest BCUT2D eigenvalue weighted by Crippen LogP contribution is 2.21. The number of anilines is 2. The molecule has 0 aliphatic heterocycles. The minimum absolute atomic E-state index is 0.0996. The third-order valence-electron chi connectivity index (χ3n) is 2.95. The van der Waals surface area contributed by atoms with Crippen molar-refractivity contribution in [3.05, 3.63) is 23.8 Å². The number of likely N-dealkylation sites (N-methyl/N-ethyl adjacent to an activating group) is 1.